The molecule has 6 nitrogen and oxygen atoms in total. The maximum atomic E-state index is 13.6. The van der Waals surface area contributed by atoms with Gasteiger partial charge in [0, 0.05) is 11.5 Å². The fraction of sp³-hybridized carbons (Fsp3) is 0.0455. The average molecular weight is 408 g/mol. The van der Waals surface area contributed by atoms with E-state index < -0.39 is 30.1 Å². The summed E-state index contributed by atoms with van der Waals surface area (Å²) in [4.78, 5) is 29.2. The molecule has 30 heavy (non-hydrogen) atoms. The first-order valence-corrected chi connectivity index (χ1v) is 8.87. The highest BCUT2D eigenvalue weighted by Gasteiger charge is 2.18. The molecule has 0 aliphatic carbocycles. The van der Waals surface area contributed by atoms with Gasteiger partial charge in [0.2, 0.25) is 0 Å². The lowest BCUT2D eigenvalue weighted by Crippen LogP contribution is -2.21. The fourth-order valence-electron chi connectivity index (χ4n) is 2.88. The maximum absolute atomic E-state index is 13.6. The highest BCUT2D eigenvalue weighted by atomic mass is 19.1. The Morgan fingerprint density at radius 1 is 1.03 bits per heavy atom. The van der Waals surface area contributed by atoms with E-state index in [2.05, 4.69) is 10.3 Å². The van der Waals surface area contributed by atoms with Crippen LogP contribution >= 0.6 is 0 Å². The number of fused-ring (bicyclic) bond motifs is 1. The zero-order valence-corrected chi connectivity index (χ0v) is 15.4. The van der Waals surface area contributed by atoms with Crippen LogP contribution in [-0.4, -0.2) is 23.5 Å². The number of carbonyl (C=O) groups is 2. The normalized spacial score (nSPS) is 10.7. The van der Waals surface area contributed by atoms with Crippen LogP contribution in [0.3, 0.4) is 0 Å². The second-order valence-corrected chi connectivity index (χ2v) is 6.30. The lowest BCUT2D eigenvalue weighted by Gasteiger charge is -2.10. The largest absolute Gasteiger partial charge is 0.463 e. The zero-order valence-electron chi connectivity index (χ0n) is 15.4. The Bertz CT molecular complexity index is 1240. The summed E-state index contributed by atoms with van der Waals surface area (Å²) in [6, 6.07) is 14.5. The number of hydrogen-bond acceptors (Lipinski definition) is 5. The summed E-state index contributed by atoms with van der Waals surface area (Å²) in [6.45, 7) is -0.679. The minimum atomic E-state index is -0.808. The van der Waals surface area contributed by atoms with Gasteiger partial charge in [-0.2, -0.15) is 0 Å². The van der Waals surface area contributed by atoms with Gasteiger partial charge in [0.15, 0.2) is 12.4 Å². The molecule has 0 fully saturated rings. The van der Waals surface area contributed by atoms with E-state index in [1.807, 2.05) is 0 Å². The van der Waals surface area contributed by atoms with Crippen molar-refractivity contribution in [3.05, 3.63) is 84.1 Å². The van der Waals surface area contributed by atoms with Gasteiger partial charge in [-0.15, -0.1) is 0 Å². The van der Waals surface area contributed by atoms with Crippen LogP contribution in [0.25, 0.3) is 22.4 Å². The van der Waals surface area contributed by atoms with Gasteiger partial charge < -0.3 is 14.5 Å². The van der Waals surface area contributed by atoms with E-state index in [0.717, 1.165) is 18.2 Å². The Morgan fingerprint density at radius 2 is 1.87 bits per heavy atom. The van der Waals surface area contributed by atoms with Gasteiger partial charge in [0.25, 0.3) is 5.91 Å². The molecule has 4 rings (SSSR count). The number of furan rings is 1. The molecule has 1 N–H and O–H groups in total. The molecule has 0 radical (unpaired) electrons. The Labute approximate surface area is 169 Å². The quantitative estimate of drug-likeness (QED) is 0.490. The number of ether oxygens (including phenoxy) is 1. The minimum absolute atomic E-state index is 0.191. The van der Waals surface area contributed by atoms with Gasteiger partial charge in [-0.3, -0.25) is 4.79 Å². The van der Waals surface area contributed by atoms with E-state index >= 15 is 0 Å². The van der Waals surface area contributed by atoms with Crippen molar-refractivity contribution in [3.8, 4) is 11.5 Å². The van der Waals surface area contributed by atoms with Crippen molar-refractivity contribution in [1.29, 1.82) is 0 Å². The molecule has 0 unspecified atom stereocenters. The molecule has 2 aromatic heterocycles. The van der Waals surface area contributed by atoms with Crippen LogP contribution in [0.1, 0.15) is 10.4 Å². The van der Waals surface area contributed by atoms with Crippen molar-refractivity contribution in [2.75, 3.05) is 11.9 Å². The van der Waals surface area contributed by atoms with Gasteiger partial charge in [0.1, 0.15) is 17.3 Å². The molecule has 1 amide bonds. The first kappa shape index (κ1) is 19.3. The third kappa shape index (κ3) is 4.02. The number of nitrogens with zero attached hydrogens (tertiary/aromatic N) is 1. The van der Waals surface area contributed by atoms with E-state index in [0.29, 0.717) is 22.4 Å². The average Bonchev–Trinajstić information content (AvgIpc) is 3.29. The predicted octanol–water partition coefficient (Wildman–Crippen LogP) is 4.57. The van der Waals surface area contributed by atoms with E-state index in [4.69, 9.17) is 9.15 Å². The molecule has 8 heteroatoms. The van der Waals surface area contributed by atoms with Crippen LogP contribution in [0.4, 0.5) is 14.5 Å². The van der Waals surface area contributed by atoms with Crippen molar-refractivity contribution in [2.24, 2.45) is 0 Å². The summed E-state index contributed by atoms with van der Waals surface area (Å²) >= 11 is 0. The minimum Gasteiger partial charge on any atom is -0.463 e. The number of halogens is 2. The maximum Gasteiger partial charge on any atom is 0.339 e. The molecule has 2 heterocycles. The predicted molar refractivity (Wildman–Crippen MR) is 105 cm³/mol. The lowest BCUT2D eigenvalue weighted by molar-refractivity contribution is -0.119. The Balaban J connectivity index is 1.54. The summed E-state index contributed by atoms with van der Waals surface area (Å²) in [7, 11) is 0. The molecular weight excluding hydrogens is 394 g/mol. The van der Waals surface area contributed by atoms with Gasteiger partial charge in [-0.05, 0) is 36.4 Å². The summed E-state index contributed by atoms with van der Waals surface area (Å²) < 4.78 is 37.3. The number of benzene rings is 2. The number of pyridine rings is 1. The monoisotopic (exact) mass is 408 g/mol. The Hall–Kier alpha value is -4.07. The Morgan fingerprint density at radius 3 is 2.67 bits per heavy atom. The summed E-state index contributed by atoms with van der Waals surface area (Å²) in [5.41, 5.74) is 0.823. The zero-order chi connectivity index (χ0) is 21.1. The number of rotatable bonds is 5. The molecular formula is C22H14F2N2O4. The number of hydrogen-bond donors (Lipinski definition) is 1. The van der Waals surface area contributed by atoms with Gasteiger partial charge in [-0.1, -0.05) is 18.2 Å². The third-order valence-corrected chi connectivity index (χ3v) is 4.25. The van der Waals surface area contributed by atoms with Gasteiger partial charge in [-0.25, -0.2) is 18.6 Å². The molecule has 0 spiro atoms. The number of amides is 1. The van der Waals surface area contributed by atoms with Crippen LogP contribution in [0.5, 0.6) is 0 Å². The summed E-state index contributed by atoms with van der Waals surface area (Å²) in [5, 5.41) is 2.71. The van der Waals surface area contributed by atoms with Crippen LogP contribution < -0.4 is 5.32 Å². The third-order valence-electron chi connectivity index (χ3n) is 4.25. The molecule has 150 valence electrons. The lowest BCUT2D eigenvalue weighted by atomic mass is 10.1. The van der Waals surface area contributed by atoms with Crippen molar-refractivity contribution >= 4 is 28.5 Å². The highest BCUT2D eigenvalue weighted by molar-refractivity contribution is 6.05. The van der Waals surface area contributed by atoms with E-state index in [1.54, 1.807) is 36.4 Å². The van der Waals surface area contributed by atoms with Crippen molar-refractivity contribution < 1.29 is 27.5 Å². The molecule has 0 saturated heterocycles. The molecule has 0 aliphatic heterocycles. The molecule has 2 aromatic carbocycles. The highest BCUT2D eigenvalue weighted by Crippen LogP contribution is 2.25. The van der Waals surface area contributed by atoms with Crippen LogP contribution in [-0.2, 0) is 9.53 Å². The fourth-order valence-corrected chi connectivity index (χ4v) is 2.88. The number of para-hydroxylation sites is 1. The summed E-state index contributed by atoms with van der Waals surface area (Å²) in [5.74, 6) is -2.63. The number of carbonyl (C=O) groups excluding carboxylic acids is 2. The SMILES string of the molecule is O=C(COC(=O)c1cc(-c2ccco2)nc2ccccc12)Nc1cc(F)ccc1F. The van der Waals surface area contributed by atoms with Crippen molar-refractivity contribution in [1.82, 2.24) is 4.98 Å². The van der Waals surface area contributed by atoms with E-state index in [-0.39, 0.29) is 11.3 Å². The standard InChI is InChI=1S/C22H14F2N2O4/c23-13-7-8-16(24)18(10-13)26-21(27)12-30-22(28)15-11-19(20-6-3-9-29-20)25-17-5-2-1-4-14(15)17/h1-11H,12H2,(H,26,27). The molecule has 4 aromatic rings. The van der Waals surface area contributed by atoms with Crippen molar-refractivity contribution in [2.45, 2.75) is 0 Å². The Kier molecular flexibility index (Phi) is 5.21. The van der Waals surface area contributed by atoms with E-state index in [1.165, 1.54) is 12.3 Å². The van der Waals surface area contributed by atoms with Gasteiger partial charge >= 0.3 is 5.97 Å². The number of aromatic nitrogens is 1. The number of nitrogens with one attached hydrogen (secondary N) is 1. The number of esters is 1. The second kappa shape index (κ2) is 8.12. The van der Waals surface area contributed by atoms with Crippen LogP contribution in [0.15, 0.2) is 71.3 Å². The van der Waals surface area contributed by atoms with Crippen LogP contribution in [0, 0.1) is 11.6 Å². The first-order chi connectivity index (χ1) is 14.5. The van der Waals surface area contributed by atoms with E-state index in [9.17, 15) is 18.4 Å². The summed E-state index contributed by atoms with van der Waals surface area (Å²) in [6.07, 6.45) is 1.49. The van der Waals surface area contributed by atoms with Crippen LogP contribution in [0.2, 0.25) is 0 Å². The smallest absolute Gasteiger partial charge is 0.339 e. The molecule has 0 aliphatic rings. The second-order valence-electron chi connectivity index (χ2n) is 6.30. The molecule has 0 bridgehead atoms. The van der Waals surface area contributed by atoms with Gasteiger partial charge in [0.05, 0.1) is 23.0 Å². The number of anilines is 1. The first-order valence-electron chi connectivity index (χ1n) is 8.87. The molecule has 0 atom stereocenters. The van der Waals surface area contributed by atoms with Crippen molar-refractivity contribution in [3.63, 3.8) is 0 Å². The topological polar surface area (TPSA) is 81.4 Å². The molecule has 0 saturated carbocycles.